The predicted molar refractivity (Wildman–Crippen MR) is 107 cm³/mol. The first-order valence-corrected chi connectivity index (χ1v) is 9.06. The maximum atomic E-state index is 12.3. The molecule has 0 saturated carbocycles. The van der Waals surface area contributed by atoms with Gasteiger partial charge in [0.1, 0.15) is 11.3 Å². The Kier molecular flexibility index (Phi) is 5.89. The zero-order valence-corrected chi connectivity index (χ0v) is 15.8. The Morgan fingerprint density at radius 1 is 1.07 bits per heavy atom. The van der Waals surface area contributed by atoms with E-state index in [1.54, 1.807) is 42.5 Å². The number of hydrogen-bond acceptors (Lipinski definition) is 5. The number of ether oxygens (including phenoxy) is 1. The Balaban J connectivity index is 1.64. The van der Waals surface area contributed by atoms with Crippen molar-refractivity contribution in [2.24, 2.45) is 0 Å². The number of fused-ring (bicyclic) bond motifs is 1. The molecule has 0 spiro atoms. The van der Waals surface area contributed by atoms with Crippen LogP contribution >= 0.6 is 0 Å². The van der Waals surface area contributed by atoms with Crippen molar-refractivity contribution in [1.82, 2.24) is 0 Å². The number of amides is 1. The smallest absolute Gasteiger partial charge is 0.336 e. The van der Waals surface area contributed by atoms with Crippen molar-refractivity contribution in [3.05, 3.63) is 70.1 Å². The molecule has 0 aliphatic heterocycles. The second-order valence-electron chi connectivity index (χ2n) is 6.49. The lowest BCUT2D eigenvalue weighted by Gasteiger charge is -2.08. The number of carbonyl (C=O) groups is 2. The largest absolute Gasteiger partial charge is 0.485 e. The van der Waals surface area contributed by atoms with E-state index in [1.165, 1.54) is 6.07 Å². The monoisotopic (exact) mass is 379 g/mol. The van der Waals surface area contributed by atoms with Gasteiger partial charge in [-0.15, -0.1) is 0 Å². The van der Waals surface area contributed by atoms with Gasteiger partial charge in [0.15, 0.2) is 12.4 Å². The normalized spacial score (nSPS) is 10.6. The molecule has 0 fully saturated rings. The number of nitrogens with one attached hydrogen (secondary N) is 1. The maximum absolute atomic E-state index is 12.3. The minimum atomic E-state index is -0.427. The van der Waals surface area contributed by atoms with Crippen LogP contribution in [0, 0.1) is 6.92 Å². The summed E-state index contributed by atoms with van der Waals surface area (Å²) in [7, 11) is 0. The summed E-state index contributed by atoms with van der Waals surface area (Å²) < 4.78 is 10.7. The van der Waals surface area contributed by atoms with Crippen LogP contribution in [0.3, 0.4) is 0 Å². The first-order valence-electron chi connectivity index (χ1n) is 9.06. The summed E-state index contributed by atoms with van der Waals surface area (Å²) >= 11 is 0. The van der Waals surface area contributed by atoms with E-state index in [0.717, 1.165) is 17.4 Å². The van der Waals surface area contributed by atoms with Crippen LogP contribution in [0.25, 0.3) is 11.0 Å². The van der Waals surface area contributed by atoms with Gasteiger partial charge in [0.25, 0.3) is 0 Å². The zero-order chi connectivity index (χ0) is 20.1. The van der Waals surface area contributed by atoms with Crippen LogP contribution in [0.2, 0.25) is 0 Å². The summed E-state index contributed by atoms with van der Waals surface area (Å²) in [5.74, 6) is 0.193. The number of aryl methyl sites for hydroxylation is 1. The van der Waals surface area contributed by atoms with Crippen molar-refractivity contribution in [3.8, 4) is 5.75 Å². The number of benzene rings is 2. The topological polar surface area (TPSA) is 85.6 Å². The lowest BCUT2D eigenvalue weighted by atomic mass is 10.1. The molecule has 0 radical (unpaired) electrons. The Bertz CT molecular complexity index is 1070. The van der Waals surface area contributed by atoms with Gasteiger partial charge in [-0.2, -0.15) is 0 Å². The molecule has 1 N–H and O–H groups in total. The van der Waals surface area contributed by atoms with Gasteiger partial charge in [0.05, 0.1) is 0 Å². The molecule has 1 amide bonds. The first-order chi connectivity index (χ1) is 13.5. The van der Waals surface area contributed by atoms with Crippen LogP contribution in [0.4, 0.5) is 5.69 Å². The number of anilines is 1. The minimum absolute atomic E-state index is 0.0527. The van der Waals surface area contributed by atoms with Crippen molar-refractivity contribution in [3.63, 3.8) is 0 Å². The van der Waals surface area contributed by atoms with Crippen molar-refractivity contribution >= 4 is 28.3 Å². The minimum Gasteiger partial charge on any atom is -0.485 e. The molecule has 28 heavy (non-hydrogen) atoms. The van der Waals surface area contributed by atoms with Crippen molar-refractivity contribution < 1.29 is 18.7 Å². The molecule has 0 aliphatic carbocycles. The number of carbonyl (C=O) groups excluding carboxylic acids is 2. The quantitative estimate of drug-likeness (QED) is 0.493. The number of ketones is 1. The van der Waals surface area contributed by atoms with E-state index in [0.29, 0.717) is 29.0 Å². The fraction of sp³-hybridized carbons (Fsp3) is 0.227. The second kappa shape index (κ2) is 8.52. The van der Waals surface area contributed by atoms with Gasteiger partial charge >= 0.3 is 5.63 Å². The molecule has 3 rings (SSSR count). The maximum Gasteiger partial charge on any atom is 0.336 e. The summed E-state index contributed by atoms with van der Waals surface area (Å²) in [4.78, 5) is 35.5. The van der Waals surface area contributed by atoms with E-state index in [9.17, 15) is 14.4 Å². The van der Waals surface area contributed by atoms with E-state index < -0.39 is 5.63 Å². The Morgan fingerprint density at radius 3 is 2.54 bits per heavy atom. The molecule has 0 unspecified atom stereocenters. The number of Topliss-reactive ketones (excluding diaryl/α,β-unsaturated/α-hetero) is 1. The first kappa shape index (κ1) is 19.4. The molecule has 3 aromatic rings. The van der Waals surface area contributed by atoms with Gasteiger partial charge in [-0.1, -0.05) is 6.92 Å². The van der Waals surface area contributed by atoms with Crippen LogP contribution in [0.5, 0.6) is 5.75 Å². The van der Waals surface area contributed by atoms with Gasteiger partial charge in [-0.05, 0) is 55.3 Å². The molecule has 6 heteroatoms. The van der Waals surface area contributed by atoms with Gasteiger partial charge in [0, 0.05) is 35.2 Å². The highest BCUT2D eigenvalue weighted by molar-refractivity contribution is 5.98. The summed E-state index contributed by atoms with van der Waals surface area (Å²) in [6, 6.07) is 13.2. The average molecular weight is 379 g/mol. The van der Waals surface area contributed by atoms with Gasteiger partial charge in [-0.3, -0.25) is 9.59 Å². The highest BCUT2D eigenvalue weighted by Crippen LogP contribution is 2.22. The van der Waals surface area contributed by atoms with Crippen molar-refractivity contribution in [2.75, 3.05) is 11.9 Å². The molecular weight excluding hydrogens is 358 g/mol. The van der Waals surface area contributed by atoms with E-state index >= 15 is 0 Å². The van der Waals surface area contributed by atoms with Crippen LogP contribution < -0.4 is 15.7 Å². The fourth-order valence-electron chi connectivity index (χ4n) is 2.82. The summed E-state index contributed by atoms with van der Waals surface area (Å²) in [6.45, 7) is 3.62. The van der Waals surface area contributed by atoms with E-state index in [1.807, 2.05) is 13.8 Å². The van der Waals surface area contributed by atoms with Crippen LogP contribution in [-0.2, 0) is 4.79 Å². The summed E-state index contributed by atoms with van der Waals surface area (Å²) in [5.41, 5.74) is 1.94. The van der Waals surface area contributed by atoms with Crippen LogP contribution in [0.15, 0.2) is 57.7 Å². The predicted octanol–water partition coefficient (Wildman–Crippen LogP) is 4.10. The average Bonchev–Trinajstić information content (AvgIpc) is 2.66. The standard InChI is InChI=1S/C22H21NO5/c1-3-4-21(25)23-16-7-5-15(6-8-16)19(24)13-27-17-9-10-18-14(2)11-22(26)28-20(18)12-17/h5-12H,3-4,13H2,1-2H3,(H,23,25). The van der Waals surface area contributed by atoms with Crippen molar-refractivity contribution in [2.45, 2.75) is 26.7 Å². The Hall–Kier alpha value is -3.41. The fourth-order valence-corrected chi connectivity index (χ4v) is 2.82. The third-order valence-corrected chi connectivity index (χ3v) is 4.26. The van der Waals surface area contributed by atoms with E-state index in [-0.39, 0.29) is 18.3 Å². The SMILES string of the molecule is CCCC(=O)Nc1ccc(C(=O)COc2ccc3c(C)cc(=O)oc3c2)cc1. The molecule has 0 aliphatic rings. The molecule has 144 valence electrons. The third kappa shape index (κ3) is 4.65. The molecule has 1 heterocycles. The number of rotatable bonds is 7. The van der Waals surface area contributed by atoms with Crippen LogP contribution in [-0.4, -0.2) is 18.3 Å². The van der Waals surface area contributed by atoms with Crippen LogP contribution in [0.1, 0.15) is 35.7 Å². The summed E-state index contributed by atoms with van der Waals surface area (Å²) in [5, 5.41) is 3.59. The zero-order valence-electron chi connectivity index (χ0n) is 15.8. The third-order valence-electron chi connectivity index (χ3n) is 4.26. The van der Waals surface area contributed by atoms with Crippen molar-refractivity contribution in [1.29, 1.82) is 0 Å². The molecule has 1 aromatic heterocycles. The Labute approximate surface area is 162 Å². The van der Waals surface area contributed by atoms with Gasteiger partial charge < -0.3 is 14.5 Å². The lowest BCUT2D eigenvalue weighted by Crippen LogP contribution is -2.13. The highest BCUT2D eigenvalue weighted by Gasteiger charge is 2.09. The molecule has 0 saturated heterocycles. The highest BCUT2D eigenvalue weighted by atomic mass is 16.5. The van der Waals surface area contributed by atoms with E-state index in [2.05, 4.69) is 5.32 Å². The number of hydrogen-bond donors (Lipinski definition) is 1. The molecule has 0 bridgehead atoms. The Morgan fingerprint density at radius 2 is 1.82 bits per heavy atom. The molecular formula is C22H21NO5. The van der Waals surface area contributed by atoms with E-state index in [4.69, 9.17) is 9.15 Å². The molecule has 6 nitrogen and oxygen atoms in total. The summed E-state index contributed by atoms with van der Waals surface area (Å²) in [6.07, 6.45) is 1.23. The van der Waals surface area contributed by atoms with Gasteiger partial charge in [0.2, 0.25) is 5.91 Å². The lowest BCUT2D eigenvalue weighted by molar-refractivity contribution is -0.116. The van der Waals surface area contributed by atoms with Gasteiger partial charge in [-0.25, -0.2) is 4.79 Å². The molecule has 2 aromatic carbocycles. The second-order valence-corrected chi connectivity index (χ2v) is 6.49. The molecule has 0 atom stereocenters.